The van der Waals surface area contributed by atoms with Gasteiger partial charge in [0.25, 0.3) is 0 Å². The first-order chi connectivity index (χ1) is 9.97. The van der Waals surface area contributed by atoms with Crippen LogP contribution in [0.1, 0.15) is 12.8 Å². The van der Waals surface area contributed by atoms with E-state index in [9.17, 15) is 14.4 Å². The van der Waals surface area contributed by atoms with E-state index in [0.29, 0.717) is 31.6 Å². The van der Waals surface area contributed by atoms with E-state index < -0.39 is 11.8 Å². The summed E-state index contributed by atoms with van der Waals surface area (Å²) in [5, 5.41) is 2.56. The van der Waals surface area contributed by atoms with Crippen LogP contribution in [0.2, 0.25) is 0 Å². The highest BCUT2D eigenvalue weighted by atomic mass is 79.9. The average molecular weight is 354 g/mol. The molecule has 112 valence electrons. The van der Waals surface area contributed by atoms with Crippen LogP contribution < -0.4 is 11.1 Å². The molecule has 0 unspecified atom stereocenters. The molecule has 0 saturated carbocycles. The lowest BCUT2D eigenvalue weighted by Crippen LogP contribution is -2.46. The number of likely N-dealkylation sites (tertiary alicyclic amines) is 1. The molecule has 1 aliphatic rings. The third-order valence-electron chi connectivity index (χ3n) is 3.48. The summed E-state index contributed by atoms with van der Waals surface area (Å²) in [6.45, 7) is 0.750. The maximum absolute atomic E-state index is 12.0. The largest absolute Gasteiger partial charge is 0.369 e. The zero-order valence-corrected chi connectivity index (χ0v) is 12.9. The predicted molar refractivity (Wildman–Crippen MR) is 81.3 cm³/mol. The fraction of sp³-hybridized carbons (Fsp3) is 0.357. The molecular formula is C14H16BrN3O3. The van der Waals surface area contributed by atoms with Crippen molar-refractivity contribution in [2.24, 2.45) is 11.7 Å². The SMILES string of the molecule is NC(=O)C1CCN(C(=O)C(=O)Nc2ccc(Br)cc2)CC1. The lowest BCUT2D eigenvalue weighted by atomic mass is 9.96. The Kier molecular flexibility index (Phi) is 4.95. The first-order valence-corrected chi connectivity index (χ1v) is 7.42. The predicted octanol–water partition coefficient (Wildman–Crippen LogP) is 1.11. The maximum Gasteiger partial charge on any atom is 0.313 e. The van der Waals surface area contributed by atoms with Gasteiger partial charge in [0.2, 0.25) is 5.91 Å². The number of rotatable bonds is 2. The Hall–Kier alpha value is -1.89. The molecule has 6 nitrogen and oxygen atoms in total. The Morgan fingerprint density at radius 1 is 1.14 bits per heavy atom. The van der Waals surface area contributed by atoms with E-state index in [-0.39, 0.29) is 11.8 Å². The quantitative estimate of drug-likeness (QED) is 0.780. The monoisotopic (exact) mass is 353 g/mol. The van der Waals surface area contributed by atoms with Crippen LogP contribution in [-0.2, 0) is 14.4 Å². The normalized spacial score (nSPS) is 15.6. The maximum atomic E-state index is 12.0. The number of nitrogens with zero attached hydrogens (tertiary/aromatic N) is 1. The van der Waals surface area contributed by atoms with Crippen LogP contribution in [-0.4, -0.2) is 35.7 Å². The minimum absolute atomic E-state index is 0.205. The van der Waals surface area contributed by atoms with Crippen molar-refractivity contribution in [2.75, 3.05) is 18.4 Å². The molecule has 0 bridgehead atoms. The molecule has 3 amide bonds. The third-order valence-corrected chi connectivity index (χ3v) is 4.01. The van der Waals surface area contributed by atoms with E-state index in [4.69, 9.17) is 5.73 Å². The van der Waals surface area contributed by atoms with Crippen molar-refractivity contribution in [3.8, 4) is 0 Å². The van der Waals surface area contributed by atoms with E-state index in [1.807, 2.05) is 0 Å². The number of carbonyl (C=O) groups is 3. The van der Waals surface area contributed by atoms with Crippen molar-refractivity contribution in [2.45, 2.75) is 12.8 Å². The van der Waals surface area contributed by atoms with E-state index in [2.05, 4.69) is 21.2 Å². The van der Waals surface area contributed by atoms with Gasteiger partial charge >= 0.3 is 11.8 Å². The summed E-state index contributed by atoms with van der Waals surface area (Å²) >= 11 is 3.29. The van der Waals surface area contributed by atoms with Gasteiger partial charge in [0.05, 0.1) is 0 Å². The molecule has 0 spiro atoms. The van der Waals surface area contributed by atoms with Crippen LogP contribution in [0.15, 0.2) is 28.7 Å². The molecule has 0 aromatic heterocycles. The molecule has 2 rings (SSSR count). The molecule has 7 heteroatoms. The van der Waals surface area contributed by atoms with Crippen LogP contribution in [0.3, 0.4) is 0 Å². The smallest absolute Gasteiger partial charge is 0.313 e. The number of piperidine rings is 1. The summed E-state index contributed by atoms with van der Waals surface area (Å²) in [5.74, 6) is -1.80. The highest BCUT2D eigenvalue weighted by Crippen LogP contribution is 2.18. The van der Waals surface area contributed by atoms with Crippen molar-refractivity contribution in [1.82, 2.24) is 4.90 Å². The summed E-state index contributed by atoms with van der Waals surface area (Å²) in [4.78, 5) is 36.5. The summed E-state index contributed by atoms with van der Waals surface area (Å²) in [7, 11) is 0. The van der Waals surface area contributed by atoms with Crippen molar-refractivity contribution < 1.29 is 14.4 Å². The molecule has 1 saturated heterocycles. The van der Waals surface area contributed by atoms with Crippen LogP contribution in [0, 0.1) is 5.92 Å². The molecule has 0 radical (unpaired) electrons. The highest BCUT2D eigenvalue weighted by Gasteiger charge is 2.29. The van der Waals surface area contributed by atoms with Gasteiger partial charge in [-0.25, -0.2) is 0 Å². The summed E-state index contributed by atoms with van der Waals surface area (Å²) in [5.41, 5.74) is 5.80. The van der Waals surface area contributed by atoms with E-state index in [1.165, 1.54) is 4.90 Å². The molecule has 0 aliphatic carbocycles. The van der Waals surface area contributed by atoms with Gasteiger partial charge in [0.1, 0.15) is 0 Å². The van der Waals surface area contributed by atoms with Crippen LogP contribution >= 0.6 is 15.9 Å². The molecule has 21 heavy (non-hydrogen) atoms. The molecule has 0 atom stereocenters. The number of primary amides is 1. The van der Waals surface area contributed by atoms with Gasteiger partial charge in [-0.15, -0.1) is 0 Å². The highest BCUT2D eigenvalue weighted by molar-refractivity contribution is 9.10. The number of benzene rings is 1. The number of carbonyl (C=O) groups excluding carboxylic acids is 3. The minimum atomic E-state index is -0.671. The number of hydrogen-bond donors (Lipinski definition) is 2. The third kappa shape index (κ3) is 4.04. The van der Waals surface area contributed by atoms with Crippen molar-refractivity contribution >= 4 is 39.3 Å². The van der Waals surface area contributed by atoms with Gasteiger partial charge in [-0.1, -0.05) is 15.9 Å². The van der Waals surface area contributed by atoms with E-state index >= 15 is 0 Å². The summed E-state index contributed by atoms with van der Waals surface area (Å²) in [6.07, 6.45) is 1.01. The first kappa shape index (κ1) is 15.5. The molecule has 1 aliphatic heterocycles. The molecule has 1 aromatic carbocycles. The summed E-state index contributed by atoms with van der Waals surface area (Å²) in [6, 6.07) is 6.96. The van der Waals surface area contributed by atoms with Gasteiger partial charge in [0, 0.05) is 29.2 Å². The van der Waals surface area contributed by atoms with E-state index in [1.54, 1.807) is 24.3 Å². The molecule has 1 heterocycles. The second kappa shape index (κ2) is 6.71. The second-order valence-electron chi connectivity index (χ2n) is 4.93. The van der Waals surface area contributed by atoms with Gasteiger partial charge in [0.15, 0.2) is 0 Å². The Balaban J connectivity index is 1.90. The van der Waals surface area contributed by atoms with Crippen LogP contribution in [0.4, 0.5) is 5.69 Å². The average Bonchev–Trinajstić information content (AvgIpc) is 2.49. The number of nitrogens with one attached hydrogen (secondary N) is 1. The van der Waals surface area contributed by atoms with Gasteiger partial charge in [-0.05, 0) is 37.1 Å². The number of anilines is 1. The summed E-state index contributed by atoms with van der Waals surface area (Å²) < 4.78 is 0.889. The van der Waals surface area contributed by atoms with Gasteiger partial charge in [-0.3, -0.25) is 14.4 Å². The number of hydrogen-bond acceptors (Lipinski definition) is 3. The molecule has 3 N–H and O–H groups in total. The Morgan fingerprint density at radius 3 is 2.24 bits per heavy atom. The Labute approximate surface area is 130 Å². The zero-order valence-electron chi connectivity index (χ0n) is 11.3. The lowest BCUT2D eigenvalue weighted by molar-refractivity contribution is -0.144. The molecule has 1 fully saturated rings. The first-order valence-electron chi connectivity index (χ1n) is 6.62. The fourth-order valence-electron chi connectivity index (χ4n) is 2.23. The zero-order chi connectivity index (χ0) is 15.4. The number of nitrogens with two attached hydrogens (primary N) is 1. The van der Waals surface area contributed by atoms with Crippen molar-refractivity contribution in [1.29, 1.82) is 0 Å². The van der Waals surface area contributed by atoms with Crippen LogP contribution in [0.5, 0.6) is 0 Å². The topological polar surface area (TPSA) is 92.5 Å². The number of amides is 3. The van der Waals surface area contributed by atoms with Crippen molar-refractivity contribution in [3.63, 3.8) is 0 Å². The standard InChI is InChI=1S/C14H16BrN3O3/c15-10-1-3-11(4-2-10)17-13(20)14(21)18-7-5-9(6-8-18)12(16)19/h1-4,9H,5-8H2,(H2,16,19)(H,17,20). The second-order valence-corrected chi connectivity index (χ2v) is 5.85. The molecular weight excluding hydrogens is 338 g/mol. The van der Waals surface area contributed by atoms with E-state index in [0.717, 1.165) is 4.47 Å². The lowest BCUT2D eigenvalue weighted by Gasteiger charge is -2.29. The fourth-order valence-corrected chi connectivity index (χ4v) is 2.49. The molecule has 1 aromatic rings. The number of halogens is 1. The Morgan fingerprint density at radius 2 is 1.71 bits per heavy atom. The van der Waals surface area contributed by atoms with Crippen molar-refractivity contribution in [3.05, 3.63) is 28.7 Å². The van der Waals surface area contributed by atoms with Gasteiger partial charge in [-0.2, -0.15) is 0 Å². The minimum Gasteiger partial charge on any atom is -0.369 e. The van der Waals surface area contributed by atoms with Gasteiger partial charge < -0.3 is 16.0 Å². The van der Waals surface area contributed by atoms with Crippen LogP contribution in [0.25, 0.3) is 0 Å². The Bertz CT molecular complexity index is 551.